The number of hydrogen-bond donors (Lipinski definition) is 0. The zero-order valence-corrected chi connectivity index (χ0v) is 8.23. The molecule has 0 aromatic heterocycles. The van der Waals surface area contributed by atoms with Crippen molar-refractivity contribution in [2.45, 2.75) is 6.92 Å². The monoisotopic (exact) mass is 201 g/mol. The van der Waals surface area contributed by atoms with E-state index in [-0.39, 0.29) is 0 Å². The summed E-state index contributed by atoms with van der Waals surface area (Å²) in [6.45, 7) is 2.76. The lowest BCUT2D eigenvalue weighted by atomic mass is 10.2. The smallest absolute Gasteiger partial charge is 0.0598 e. The van der Waals surface area contributed by atoms with Gasteiger partial charge in [-0.2, -0.15) is 0 Å². The van der Waals surface area contributed by atoms with Gasteiger partial charge in [0.15, 0.2) is 0 Å². The average Bonchev–Trinajstić information content (AvgIpc) is 2.07. The molecule has 1 aromatic rings. The predicted octanol–water partition coefficient (Wildman–Crippen LogP) is 3.43. The van der Waals surface area contributed by atoms with Gasteiger partial charge in [-0.25, -0.2) is 0 Å². The second kappa shape index (κ2) is 4.48. The molecule has 0 aliphatic heterocycles. The zero-order chi connectivity index (χ0) is 8.97. The first-order chi connectivity index (χ1) is 5.74. The van der Waals surface area contributed by atoms with Crippen molar-refractivity contribution in [2.75, 3.05) is 6.54 Å². The SMILES string of the molecule is CCN=Cc1ccc(Cl)c(Cl)c1. The molecule has 0 spiro atoms. The van der Waals surface area contributed by atoms with Gasteiger partial charge < -0.3 is 0 Å². The number of nitrogens with zero attached hydrogens (tertiary/aromatic N) is 1. The summed E-state index contributed by atoms with van der Waals surface area (Å²) < 4.78 is 0. The highest BCUT2D eigenvalue weighted by Gasteiger charge is 1.96. The summed E-state index contributed by atoms with van der Waals surface area (Å²) in [5.74, 6) is 0. The first-order valence-electron chi connectivity index (χ1n) is 3.69. The Kier molecular flexibility index (Phi) is 3.57. The highest BCUT2D eigenvalue weighted by molar-refractivity contribution is 6.42. The van der Waals surface area contributed by atoms with Gasteiger partial charge in [-0.1, -0.05) is 29.3 Å². The van der Waals surface area contributed by atoms with Gasteiger partial charge in [0.05, 0.1) is 10.0 Å². The molecule has 1 nitrogen and oxygen atoms in total. The lowest BCUT2D eigenvalue weighted by molar-refractivity contribution is 1.14. The van der Waals surface area contributed by atoms with Crippen LogP contribution in [0.2, 0.25) is 10.0 Å². The van der Waals surface area contributed by atoms with Gasteiger partial charge in [0, 0.05) is 12.8 Å². The summed E-state index contributed by atoms with van der Waals surface area (Å²) in [5.41, 5.74) is 0.978. The molecule has 0 heterocycles. The Morgan fingerprint density at radius 3 is 2.67 bits per heavy atom. The van der Waals surface area contributed by atoms with E-state index < -0.39 is 0 Å². The molecule has 0 amide bonds. The standard InChI is InChI=1S/C9H9Cl2N/c1-2-12-6-7-3-4-8(10)9(11)5-7/h3-6H,2H2,1H3. The number of rotatable bonds is 2. The summed E-state index contributed by atoms with van der Waals surface area (Å²) in [7, 11) is 0. The van der Waals surface area contributed by atoms with Gasteiger partial charge >= 0.3 is 0 Å². The highest BCUT2D eigenvalue weighted by atomic mass is 35.5. The maximum atomic E-state index is 5.80. The molecule has 0 N–H and O–H groups in total. The van der Waals surface area contributed by atoms with Crippen LogP contribution in [-0.2, 0) is 0 Å². The molecule has 0 saturated heterocycles. The molecule has 0 bridgehead atoms. The van der Waals surface area contributed by atoms with Crippen LogP contribution in [0.15, 0.2) is 23.2 Å². The fourth-order valence-corrected chi connectivity index (χ4v) is 1.10. The molecule has 0 atom stereocenters. The fraction of sp³-hybridized carbons (Fsp3) is 0.222. The summed E-state index contributed by atoms with van der Waals surface area (Å²) in [5, 5.41) is 1.14. The Morgan fingerprint density at radius 1 is 1.33 bits per heavy atom. The van der Waals surface area contributed by atoms with E-state index in [4.69, 9.17) is 23.2 Å². The van der Waals surface area contributed by atoms with E-state index >= 15 is 0 Å². The Morgan fingerprint density at radius 2 is 2.08 bits per heavy atom. The largest absolute Gasteiger partial charge is 0.293 e. The minimum atomic E-state index is 0.566. The summed E-state index contributed by atoms with van der Waals surface area (Å²) in [4.78, 5) is 4.09. The van der Waals surface area contributed by atoms with Gasteiger partial charge in [0.1, 0.15) is 0 Å². The van der Waals surface area contributed by atoms with E-state index in [1.807, 2.05) is 13.0 Å². The lowest BCUT2D eigenvalue weighted by Crippen LogP contribution is -1.81. The summed E-state index contributed by atoms with van der Waals surface area (Å²) >= 11 is 11.5. The number of hydrogen-bond acceptors (Lipinski definition) is 1. The van der Waals surface area contributed by atoms with Crippen LogP contribution in [-0.4, -0.2) is 12.8 Å². The Bertz CT molecular complexity index is 295. The Hall–Kier alpha value is -0.530. The number of benzene rings is 1. The second-order valence-electron chi connectivity index (χ2n) is 2.30. The van der Waals surface area contributed by atoms with Crippen LogP contribution in [0.4, 0.5) is 0 Å². The molecule has 0 saturated carbocycles. The molecule has 1 aromatic carbocycles. The van der Waals surface area contributed by atoms with Crippen molar-refractivity contribution in [2.24, 2.45) is 4.99 Å². The van der Waals surface area contributed by atoms with Crippen LogP contribution in [0.25, 0.3) is 0 Å². The van der Waals surface area contributed by atoms with Gasteiger partial charge in [0.25, 0.3) is 0 Å². The third kappa shape index (κ3) is 2.50. The molecule has 12 heavy (non-hydrogen) atoms. The molecule has 1 rings (SSSR count). The van der Waals surface area contributed by atoms with E-state index in [0.29, 0.717) is 10.0 Å². The first-order valence-corrected chi connectivity index (χ1v) is 4.44. The van der Waals surface area contributed by atoms with Gasteiger partial charge in [-0.05, 0) is 24.6 Å². The average molecular weight is 202 g/mol. The van der Waals surface area contributed by atoms with Crippen LogP contribution in [0, 0.1) is 0 Å². The van der Waals surface area contributed by atoms with Crippen molar-refractivity contribution in [3.05, 3.63) is 33.8 Å². The summed E-state index contributed by atoms with van der Waals surface area (Å²) in [6, 6.07) is 5.44. The normalized spacial score (nSPS) is 10.9. The van der Waals surface area contributed by atoms with Gasteiger partial charge in [-0.15, -0.1) is 0 Å². The van der Waals surface area contributed by atoms with Crippen LogP contribution >= 0.6 is 23.2 Å². The third-order valence-corrected chi connectivity index (χ3v) is 2.11. The quantitative estimate of drug-likeness (QED) is 0.651. The highest BCUT2D eigenvalue weighted by Crippen LogP contribution is 2.21. The first kappa shape index (κ1) is 9.56. The van der Waals surface area contributed by atoms with E-state index in [1.54, 1.807) is 18.3 Å². The van der Waals surface area contributed by atoms with Crippen LogP contribution in [0.3, 0.4) is 0 Å². The van der Waals surface area contributed by atoms with E-state index in [0.717, 1.165) is 12.1 Å². The Balaban J connectivity index is 2.89. The maximum Gasteiger partial charge on any atom is 0.0598 e. The Labute approximate surface area is 82.0 Å². The van der Waals surface area contributed by atoms with E-state index in [2.05, 4.69) is 4.99 Å². The van der Waals surface area contributed by atoms with Crippen molar-refractivity contribution in [1.82, 2.24) is 0 Å². The molecule has 64 valence electrons. The third-order valence-electron chi connectivity index (χ3n) is 1.37. The minimum Gasteiger partial charge on any atom is -0.293 e. The number of halogens is 2. The maximum absolute atomic E-state index is 5.80. The lowest BCUT2D eigenvalue weighted by Gasteiger charge is -1.96. The van der Waals surface area contributed by atoms with Crippen molar-refractivity contribution >= 4 is 29.4 Å². The fourth-order valence-electron chi connectivity index (χ4n) is 0.789. The van der Waals surface area contributed by atoms with Crippen molar-refractivity contribution in [1.29, 1.82) is 0 Å². The minimum absolute atomic E-state index is 0.566. The predicted molar refractivity (Wildman–Crippen MR) is 54.6 cm³/mol. The molecular formula is C9H9Cl2N. The van der Waals surface area contributed by atoms with Gasteiger partial charge in [0.2, 0.25) is 0 Å². The van der Waals surface area contributed by atoms with Gasteiger partial charge in [-0.3, -0.25) is 4.99 Å². The van der Waals surface area contributed by atoms with Crippen LogP contribution in [0.1, 0.15) is 12.5 Å². The van der Waals surface area contributed by atoms with Crippen molar-refractivity contribution in [3.8, 4) is 0 Å². The topological polar surface area (TPSA) is 12.4 Å². The zero-order valence-electron chi connectivity index (χ0n) is 6.72. The van der Waals surface area contributed by atoms with Crippen LogP contribution in [0.5, 0.6) is 0 Å². The molecule has 0 aliphatic carbocycles. The summed E-state index contributed by atoms with van der Waals surface area (Å²) in [6.07, 6.45) is 1.78. The van der Waals surface area contributed by atoms with Crippen molar-refractivity contribution < 1.29 is 0 Å². The molecule has 0 radical (unpaired) electrons. The molecule has 0 unspecified atom stereocenters. The van der Waals surface area contributed by atoms with Crippen LogP contribution < -0.4 is 0 Å². The molecule has 0 fully saturated rings. The number of aliphatic imine (C=N–C) groups is 1. The van der Waals surface area contributed by atoms with E-state index in [9.17, 15) is 0 Å². The van der Waals surface area contributed by atoms with Crippen molar-refractivity contribution in [3.63, 3.8) is 0 Å². The molecule has 3 heteroatoms. The van der Waals surface area contributed by atoms with E-state index in [1.165, 1.54) is 0 Å². The second-order valence-corrected chi connectivity index (χ2v) is 3.12. The molecular weight excluding hydrogens is 193 g/mol. The molecule has 0 aliphatic rings.